The number of aliphatic hydroxyl groups excluding tert-OH is 1. The second-order valence-corrected chi connectivity index (χ2v) is 5.08. The van der Waals surface area contributed by atoms with Gasteiger partial charge in [0.25, 0.3) is 0 Å². The SMILES string of the molecule is CCCN(CC(=O)N(C)C)c1ccc([C@@H](O)CC)nc1. The number of nitrogens with zero attached hydrogens (tertiary/aromatic N) is 3. The van der Waals surface area contributed by atoms with Crippen LogP contribution in [0.5, 0.6) is 0 Å². The number of pyridine rings is 1. The zero-order valence-electron chi connectivity index (χ0n) is 12.8. The van der Waals surface area contributed by atoms with Gasteiger partial charge in [0.05, 0.1) is 30.2 Å². The van der Waals surface area contributed by atoms with Crippen molar-refractivity contribution in [1.82, 2.24) is 9.88 Å². The first-order valence-electron chi connectivity index (χ1n) is 7.08. The molecule has 0 aliphatic heterocycles. The quantitative estimate of drug-likeness (QED) is 0.827. The van der Waals surface area contributed by atoms with Gasteiger partial charge in [0.15, 0.2) is 0 Å². The van der Waals surface area contributed by atoms with Crippen molar-refractivity contribution in [2.24, 2.45) is 0 Å². The molecular weight excluding hydrogens is 254 g/mol. The first-order valence-corrected chi connectivity index (χ1v) is 7.08. The molecule has 0 unspecified atom stereocenters. The van der Waals surface area contributed by atoms with Gasteiger partial charge < -0.3 is 14.9 Å². The number of likely N-dealkylation sites (N-methyl/N-ethyl adjacent to an activating group) is 1. The van der Waals surface area contributed by atoms with Crippen molar-refractivity contribution in [3.05, 3.63) is 24.0 Å². The molecule has 0 saturated heterocycles. The highest BCUT2D eigenvalue weighted by Gasteiger charge is 2.13. The molecule has 1 amide bonds. The normalized spacial score (nSPS) is 12.1. The summed E-state index contributed by atoms with van der Waals surface area (Å²) in [6.07, 6.45) is 2.81. The van der Waals surface area contributed by atoms with Crippen LogP contribution in [-0.4, -0.2) is 48.1 Å². The van der Waals surface area contributed by atoms with Crippen LogP contribution in [-0.2, 0) is 4.79 Å². The Kier molecular flexibility index (Phi) is 6.45. The number of carbonyl (C=O) groups excluding carboxylic acids is 1. The van der Waals surface area contributed by atoms with Crippen molar-refractivity contribution in [3.8, 4) is 0 Å². The van der Waals surface area contributed by atoms with E-state index < -0.39 is 6.10 Å². The zero-order valence-corrected chi connectivity index (χ0v) is 12.8. The highest BCUT2D eigenvalue weighted by Crippen LogP contribution is 2.18. The largest absolute Gasteiger partial charge is 0.387 e. The van der Waals surface area contributed by atoms with Crippen LogP contribution in [0.3, 0.4) is 0 Å². The van der Waals surface area contributed by atoms with Crippen LogP contribution in [0.4, 0.5) is 5.69 Å². The predicted molar refractivity (Wildman–Crippen MR) is 80.7 cm³/mol. The van der Waals surface area contributed by atoms with Gasteiger partial charge >= 0.3 is 0 Å². The Bertz CT molecular complexity index is 418. The van der Waals surface area contributed by atoms with Gasteiger partial charge in [-0.2, -0.15) is 0 Å². The molecule has 1 atom stereocenters. The third-order valence-corrected chi connectivity index (χ3v) is 3.18. The van der Waals surface area contributed by atoms with Gasteiger partial charge in [0, 0.05) is 20.6 Å². The highest BCUT2D eigenvalue weighted by atomic mass is 16.3. The lowest BCUT2D eigenvalue weighted by Crippen LogP contribution is -2.37. The third-order valence-electron chi connectivity index (χ3n) is 3.18. The Hall–Kier alpha value is -1.62. The number of aromatic nitrogens is 1. The molecule has 112 valence electrons. The lowest BCUT2D eigenvalue weighted by Gasteiger charge is -2.25. The average molecular weight is 279 g/mol. The minimum Gasteiger partial charge on any atom is -0.387 e. The first-order chi connectivity index (χ1) is 9.49. The monoisotopic (exact) mass is 279 g/mol. The maximum Gasteiger partial charge on any atom is 0.241 e. The summed E-state index contributed by atoms with van der Waals surface area (Å²) in [4.78, 5) is 19.7. The fourth-order valence-corrected chi connectivity index (χ4v) is 1.86. The number of hydrogen-bond donors (Lipinski definition) is 1. The fraction of sp³-hybridized carbons (Fsp3) is 0.600. The van der Waals surface area contributed by atoms with Crippen molar-refractivity contribution in [3.63, 3.8) is 0 Å². The summed E-state index contributed by atoms with van der Waals surface area (Å²) in [5, 5.41) is 9.74. The van der Waals surface area contributed by atoms with Crippen LogP contribution in [0.2, 0.25) is 0 Å². The Balaban J connectivity index is 2.83. The van der Waals surface area contributed by atoms with Crippen LogP contribution in [0.15, 0.2) is 18.3 Å². The molecule has 0 radical (unpaired) electrons. The summed E-state index contributed by atoms with van der Waals surface area (Å²) in [7, 11) is 3.51. The van der Waals surface area contributed by atoms with Gasteiger partial charge in [-0.05, 0) is 25.0 Å². The maximum absolute atomic E-state index is 11.8. The molecule has 0 aliphatic rings. The minimum atomic E-state index is -0.521. The van der Waals surface area contributed by atoms with Crippen molar-refractivity contribution in [1.29, 1.82) is 0 Å². The molecular formula is C15H25N3O2. The Morgan fingerprint density at radius 2 is 2.05 bits per heavy atom. The number of aliphatic hydroxyl groups is 1. The van der Waals surface area contributed by atoms with Crippen LogP contribution >= 0.6 is 0 Å². The van der Waals surface area contributed by atoms with Gasteiger partial charge in [-0.1, -0.05) is 13.8 Å². The summed E-state index contributed by atoms with van der Waals surface area (Å²) in [5.74, 6) is 0.0659. The number of hydrogen-bond acceptors (Lipinski definition) is 4. The van der Waals surface area contributed by atoms with E-state index in [9.17, 15) is 9.90 Å². The van der Waals surface area contributed by atoms with E-state index in [0.29, 0.717) is 18.7 Å². The second-order valence-electron chi connectivity index (χ2n) is 5.08. The summed E-state index contributed by atoms with van der Waals surface area (Å²) < 4.78 is 0. The first kappa shape index (κ1) is 16.4. The molecule has 5 nitrogen and oxygen atoms in total. The number of carbonyl (C=O) groups is 1. The third kappa shape index (κ3) is 4.49. The zero-order chi connectivity index (χ0) is 15.1. The molecule has 0 bridgehead atoms. The summed E-state index contributed by atoms with van der Waals surface area (Å²) in [5.41, 5.74) is 1.58. The molecule has 1 rings (SSSR count). The van der Waals surface area contributed by atoms with E-state index in [1.807, 2.05) is 24.0 Å². The Morgan fingerprint density at radius 3 is 2.50 bits per heavy atom. The topological polar surface area (TPSA) is 56.7 Å². The van der Waals surface area contributed by atoms with E-state index in [2.05, 4.69) is 11.9 Å². The van der Waals surface area contributed by atoms with Gasteiger partial charge in [0.2, 0.25) is 5.91 Å². The molecule has 1 aromatic rings. The van der Waals surface area contributed by atoms with Gasteiger partial charge in [-0.15, -0.1) is 0 Å². The van der Waals surface area contributed by atoms with Crippen LogP contribution in [0.25, 0.3) is 0 Å². The Morgan fingerprint density at radius 1 is 1.35 bits per heavy atom. The van der Waals surface area contributed by atoms with Crippen LogP contribution in [0.1, 0.15) is 38.5 Å². The van der Waals surface area contributed by atoms with Crippen molar-refractivity contribution in [2.75, 3.05) is 32.1 Å². The van der Waals surface area contributed by atoms with Crippen molar-refractivity contribution in [2.45, 2.75) is 32.8 Å². The lowest BCUT2D eigenvalue weighted by atomic mass is 10.2. The highest BCUT2D eigenvalue weighted by molar-refractivity contribution is 5.80. The van der Waals surface area contributed by atoms with Crippen LogP contribution < -0.4 is 4.90 Å². The van der Waals surface area contributed by atoms with Gasteiger partial charge in [-0.3, -0.25) is 9.78 Å². The van der Waals surface area contributed by atoms with Crippen molar-refractivity contribution < 1.29 is 9.90 Å². The summed E-state index contributed by atoms with van der Waals surface area (Å²) in [6, 6.07) is 3.74. The molecule has 20 heavy (non-hydrogen) atoms. The minimum absolute atomic E-state index is 0.0659. The molecule has 0 spiro atoms. The summed E-state index contributed by atoms with van der Waals surface area (Å²) in [6.45, 7) is 5.14. The molecule has 0 aliphatic carbocycles. The van der Waals surface area contributed by atoms with E-state index in [1.165, 1.54) is 0 Å². The lowest BCUT2D eigenvalue weighted by molar-refractivity contribution is -0.127. The van der Waals surface area contributed by atoms with E-state index >= 15 is 0 Å². The Labute approximate surface area is 121 Å². The smallest absolute Gasteiger partial charge is 0.241 e. The molecule has 1 aromatic heterocycles. The van der Waals surface area contributed by atoms with Crippen LogP contribution in [0, 0.1) is 0 Å². The predicted octanol–water partition coefficient (Wildman–Crippen LogP) is 1.83. The second kappa shape index (κ2) is 7.85. The molecule has 0 aromatic carbocycles. The van der Waals surface area contributed by atoms with E-state index in [-0.39, 0.29) is 5.91 Å². The standard InChI is InChI=1S/C15H25N3O2/c1-5-9-18(11-15(20)17(3)4)12-7-8-13(16-10-12)14(19)6-2/h7-8,10,14,19H,5-6,9,11H2,1-4H3/t14-/m0/s1. The number of amides is 1. The maximum atomic E-state index is 11.8. The van der Waals surface area contributed by atoms with E-state index in [1.54, 1.807) is 25.2 Å². The molecule has 0 saturated carbocycles. The van der Waals surface area contributed by atoms with E-state index in [0.717, 1.165) is 18.7 Å². The molecule has 0 fully saturated rings. The number of anilines is 1. The molecule has 1 heterocycles. The molecule has 1 N–H and O–H groups in total. The van der Waals surface area contributed by atoms with Gasteiger partial charge in [-0.25, -0.2) is 0 Å². The number of rotatable bonds is 7. The average Bonchev–Trinajstić information content (AvgIpc) is 2.46. The fourth-order valence-electron chi connectivity index (χ4n) is 1.86. The molecule has 5 heteroatoms. The summed E-state index contributed by atoms with van der Waals surface area (Å²) >= 11 is 0. The van der Waals surface area contributed by atoms with Gasteiger partial charge in [0.1, 0.15) is 0 Å². The van der Waals surface area contributed by atoms with E-state index in [4.69, 9.17) is 0 Å². The van der Waals surface area contributed by atoms with Crippen molar-refractivity contribution >= 4 is 11.6 Å².